The fraction of sp³-hybridized carbons (Fsp3) is 0.462. The first-order valence-electron chi connectivity index (χ1n) is 12.1. The number of hydrogen-bond donors (Lipinski definition) is 6. The summed E-state index contributed by atoms with van der Waals surface area (Å²) >= 11 is 0. The molecule has 4 atom stereocenters. The number of halogens is 3. The molecule has 0 fully saturated rings. The van der Waals surface area contributed by atoms with Gasteiger partial charge < -0.3 is 36.5 Å². The quantitative estimate of drug-likeness (QED) is 0.214. The summed E-state index contributed by atoms with van der Waals surface area (Å²) < 4.78 is 37.6. The lowest BCUT2D eigenvalue weighted by atomic mass is 10.00. The maximum Gasteiger partial charge on any atom is 0.490 e. The van der Waals surface area contributed by atoms with E-state index in [2.05, 4.69) is 22.4 Å². The van der Waals surface area contributed by atoms with E-state index in [0.29, 0.717) is 25.0 Å². The average molecular weight is 541 g/mol. The van der Waals surface area contributed by atoms with Gasteiger partial charge in [-0.2, -0.15) is 13.2 Å². The van der Waals surface area contributed by atoms with E-state index in [1.54, 1.807) is 0 Å². The minimum atomic E-state index is -5.08. The van der Waals surface area contributed by atoms with Gasteiger partial charge >= 0.3 is 12.1 Å². The first-order chi connectivity index (χ1) is 17.8. The Hall–Kier alpha value is -3.03. The zero-order valence-electron chi connectivity index (χ0n) is 21.3. The van der Waals surface area contributed by atoms with Crippen LogP contribution in [0.1, 0.15) is 41.5 Å². The van der Waals surface area contributed by atoms with Crippen molar-refractivity contribution in [2.45, 2.75) is 63.6 Å². The van der Waals surface area contributed by atoms with Crippen LogP contribution in [0.4, 0.5) is 13.2 Å². The van der Waals surface area contributed by atoms with Gasteiger partial charge in [-0.05, 0) is 68.5 Å². The molecule has 1 aromatic heterocycles. The SMILES string of the molecule is Cc1cc2nc(C(O)[C@@H](CCc3ccccc3)NCC(O)[C@H](N)CCN)oc2cc1C.O=C(O)C(F)(F)F. The number of aromatic nitrogens is 1. The second-order valence-electron chi connectivity index (χ2n) is 9.05. The van der Waals surface area contributed by atoms with E-state index < -0.39 is 30.4 Å². The topological polar surface area (TPSA) is 168 Å². The molecular weight excluding hydrogens is 505 g/mol. The number of aryl methyl sites for hydroxylation is 3. The third kappa shape index (κ3) is 9.37. The summed E-state index contributed by atoms with van der Waals surface area (Å²) in [6.45, 7) is 4.70. The van der Waals surface area contributed by atoms with Crippen LogP contribution in [0.5, 0.6) is 0 Å². The summed E-state index contributed by atoms with van der Waals surface area (Å²) in [5, 5.41) is 31.8. The summed E-state index contributed by atoms with van der Waals surface area (Å²) in [6, 6.07) is 13.2. The van der Waals surface area contributed by atoms with Gasteiger partial charge in [0, 0.05) is 18.6 Å². The number of nitrogens with two attached hydrogens (primary N) is 2. The Balaban J connectivity index is 0.000000638. The first-order valence-corrected chi connectivity index (χ1v) is 12.1. The summed E-state index contributed by atoms with van der Waals surface area (Å²) in [5.74, 6) is -2.49. The molecule has 0 aliphatic heterocycles. The molecule has 3 aromatic rings. The van der Waals surface area contributed by atoms with Gasteiger partial charge in [-0.1, -0.05) is 30.3 Å². The number of carboxylic acids is 1. The molecule has 2 unspecified atom stereocenters. The number of carboxylic acid groups (broad SMARTS) is 1. The van der Waals surface area contributed by atoms with Crippen molar-refractivity contribution >= 4 is 17.1 Å². The zero-order chi connectivity index (χ0) is 28.5. The molecule has 0 spiro atoms. The van der Waals surface area contributed by atoms with Gasteiger partial charge in [0.2, 0.25) is 5.89 Å². The number of aliphatic hydroxyl groups is 2. The Morgan fingerprint density at radius 3 is 2.29 bits per heavy atom. The Labute approximate surface area is 218 Å². The molecule has 9 nitrogen and oxygen atoms in total. The smallest absolute Gasteiger partial charge is 0.475 e. The van der Waals surface area contributed by atoms with E-state index in [-0.39, 0.29) is 18.5 Å². The molecule has 0 aliphatic carbocycles. The predicted molar refractivity (Wildman–Crippen MR) is 136 cm³/mol. The molecule has 38 heavy (non-hydrogen) atoms. The van der Waals surface area contributed by atoms with Gasteiger partial charge in [-0.3, -0.25) is 0 Å². The minimum Gasteiger partial charge on any atom is -0.475 e. The van der Waals surface area contributed by atoms with Gasteiger partial charge in [0.05, 0.1) is 6.10 Å². The third-order valence-corrected chi connectivity index (χ3v) is 6.07. The van der Waals surface area contributed by atoms with E-state index >= 15 is 0 Å². The van der Waals surface area contributed by atoms with E-state index in [4.69, 9.17) is 25.8 Å². The molecule has 210 valence electrons. The molecule has 0 saturated heterocycles. The Kier molecular flexibility index (Phi) is 11.7. The van der Waals surface area contributed by atoms with E-state index in [1.165, 1.54) is 5.56 Å². The molecule has 0 bridgehead atoms. The number of hydrogen-bond acceptors (Lipinski definition) is 8. The fourth-order valence-corrected chi connectivity index (χ4v) is 3.64. The van der Waals surface area contributed by atoms with Crippen LogP contribution < -0.4 is 16.8 Å². The second-order valence-corrected chi connectivity index (χ2v) is 9.05. The van der Waals surface area contributed by atoms with Crippen LogP contribution >= 0.6 is 0 Å². The van der Waals surface area contributed by atoms with Gasteiger partial charge in [-0.15, -0.1) is 0 Å². The van der Waals surface area contributed by atoms with Crippen molar-refractivity contribution in [3.8, 4) is 0 Å². The van der Waals surface area contributed by atoms with Crippen molar-refractivity contribution in [3.63, 3.8) is 0 Å². The fourth-order valence-electron chi connectivity index (χ4n) is 3.64. The highest BCUT2D eigenvalue weighted by Gasteiger charge is 2.38. The van der Waals surface area contributed by atoms with Crippen LogP contribution in [0.25, 0.3) is 11.1 Å². The van der Waals surface area contributed by atoms with Crippen LogP contribution in [0.15, 0.2) is 46.9 Å². The van der Waals surface area contributed by atoms with Crippen LogP contribution in [0, 0.1) is 13.8 Å². The van der Waals surface area contributed by atoms with Gasteiger partial charge in [0.25, 0.3) is 0 Å². The van der Waals surface area contributed by atoms with Crippen LogP contribution in [-0.2, 0) is 11.2 Å². The highest BCUT2D eigenvalue weighted by molar-refractivity contribution is 5.74. The number of fused-ring (bicyclic) bond motifs is 1. The Bertz CT molecular complexity index is 1120. The highest BCUT2D eigenvalue weighted by atomic mass is 19.4. The lowest BCUT2D eigenvalue weighted by Gasteiger charge is -2.26. The third-order valence-electron chi connectivity index (χ3n) is 6.07. The summed E-state index contributed by atoms with van der Waals surface area (Å²) in [4.78, 5) is 13.4. The highest BCUT2D eigenvalue weighted by Crippen LogP contribution is 2.26. The first kappa shape index (κ1) is 31.2. The van der Waals surface area contributed by atoms with Gasteiger partial charge in [0.15, 0.2) is 5.58 Å². The molecule has 0 aliphatic rings. The summed E-state index contributed by atoms with van der Waals surface area (Å²) in [6.07, 6.45) is -4.87. The number of aliphatic hydroxyl groups excluding tert-OH is 2. The van der Waals surface area contributed by atoms with Gasteiger partial charge in [0.1, 0.15) is 11.6 Å². The molecule has 0 amide bonds. The van der Waals surface area contributed by atoms with Crippen LogP contribution in [-0.4, -0.2) is 63.7 Å². The Morgan fingerprint density at radius 2 is 1.71 bits per heavy atom. The molecule has 12 heteroatoms. The predicted octanol–water partition coefficient (Wildman–Crippen LogP) is 2.74. The van der Waals surface area contributed by atoms with E-state index in [0.717, 1.165) is 23.1 Å². The number of aliphatic carboxylic acids is 1. The number of benzene rings is 2. The molecule has 2 aromatic carbocycles. The molecule has 0 radical (unpaired) electrons. The van der Waals surface area contributed by atoms with Crippen molar-refractivity contribution in [3.05, 3.63) is 65.0 Å². The lowest BCUT2D eigenvalue weighted by Crippen LogP contribution is -2.47. The molecular formula is C26H35F3N4O5. The number of rotatable bonds is 11. The van der Waals surface area contributed by atoms with E-state index in [9.17, 15) is 23.4 Å². The van der Waals surface area contributed by atoms with Crippen molar-refractivity contribution in [2.75, 3.05) is 13.1 Å². The summed E-state index contributed by atoms with van der Waals surface area (Å²) in [5.41, 5.74) is 16.3. The lowest BCUT2D eigenvalue weighted by molar-refractivity contribution is -0.192. The van der Waals surface area contributed by atoms with Crippen molar-refractivity contribution in [1.82, 2.24) is 10.3 Å². The zero-order valence-corrected chi connectivity index (χ0v) is 21.3. The molecule has 8 N–H and O–H groups in total. The number of nitrogens with zero attached hydrogens (tertiary/aromatic N) is 1. The number of oxazole rings is 1. The summed E-state index contributed by atoms with van der Waals surface area (Å²) in [7, 11) is 0. The Morgan fingerprint density at radius 1 is 1.11 bits per heavy atom. The van der Waals surface area contributed by atoms with Crippen LogP contribution in [0.2, 0.25) is 0 Å². The van der Waals surface area contributed by atoms with E-state index in [1.807, 2.05) is 44.2 Å². The van der Waals surface area contributed by atoms with Crippen molar-refractivity contribution in [1.29, 1.82) is 0 Å². The molecule has 0 saturated carbocycles. The average Bonchev–Trinajstić information content (AvgIpc) is 3.27. The number of alkyl halides is 3. The van der Waals surface area contributed by atoms with Crippen molar-refractivity contribution in [2.24, 2.45) is 11.5 Å². The number of carbonyl (C=O) groups is 1. The van der Waals surface area contributed by atoms with Gasteiger partial charge in [-0.25, -0.2) is 9.78 Å². The molecule has 3 rings (SSSR count). The number of nitrogens with one attached hydrogen (secondary N) is 1. The van der Waals surface area contributed by atoms with Crippen LogP contribution in [0.3, 0.4) is 0 Å². The second kappa shape index (κ2) is 14.2. The maximum absolute atomic E-state index is 11.1. The van der Waals surface area contributed by atoms with Crippen molar-refractivity contribution < 1.29 is 37.7 Å². The normalized spacial score (nSPS) is 14.9. The minimum absolute atomic E-state index is 0.246. The maximum atomic E-state index is 11.1. The monoisotopic (exact) mass is 540 g/mol. The standard InChI is InChI=1S/C24H34N4O3.C2HF3O2/c1-15-12-20-22(13-16(15)2)31-24(28-20)23(30)19(9-8-17-6-4-3-5-7-17)27-14-21(29)18(26)10-11-25;3-2(4,5)1(6)7/h3-7,12-13,18-19,21,23,27,29-30H,8-11,14,25-26H2,1-2H3;(H,6,7)/t18-,19-,21?,23?;/m1./s1. The largest absolute Gasteiger partial charge is 0.490 e. The molecule has 1 heterocycles.